The first-order valence-electron chi connectivity index (χ1n) is 20.0. The van der Waals surface area contributed by atoms with Crippen molar-refractivity contribution in [2.45, 2.75) is 24.7 Å². The standard InChI is InChI=1S/C55H39N3/c1-54(2)46-24-11-13-26-48(46)55(49-27-14-12-25-47(49)54)45-23-10-9-22-43(45)44-33-32-41(35-50(44)55)40-20-15-21-42(34-40)53-57-51(38-18-7-4-8-19-38)56-52(58-53)39-30-28-37(29-31-39)36-16-5-3-6-17-36/h3-35H,1-2H3. The van der Waals surface area contributed by atoms with Gasteiger partial charge in [-0.3, -0.25) is 0 Å². The van der Waals surface area contributed by atoms with E-state index in [1.165, 1.54) is 50.1 Å². The van der Waals surface area contributed by atoms with E-state index in [4.69, 9.17) is 15.0 Å². The number of fused-ring (bicyclic) bond motifs is 9. The Balaban J connectivity index is 1.06. The van der Waals surface area contributed by atoms with Crippen LogP contribution in [0, 0.1) is 0 Å². The van der Waals surface area contributed by atoms with Gasteiger partial charge in [-0.25, -0.2) is 15.0 Å². The molecule has 1 heterocycles. The second-order valence-corrected chi connectivity index (χ2v) is 16.0. The van der Waals surface area contributed by atoms with E-state index < -0.39 is 5.41 Å². The van der Waals surface area contributed by atoms with Gasteiger partial charge in [0.15, 0.2) is 17.5 Å². The maximum absolute atomic E-state index is 5.13. The molecule has 1 aromatic heterocycles. The Bertz CT molecular complexity index is 2970. The topological polar surface area (TPSA) is 38.7 Å². The van der Waals surface area contributed by atoms with Gasteiger partial charge in [-0.15, -0.1) is 0 Å². The summed E-state index contributed by atoms with van der Waals surface area (Å²) >= 11 is 0. The zero-order chi connectivity index (χ0) is 38.8. The molecule has 58 heavy (non-hydrogen) atoms. The van der Waals surface area contributed by atoms with E-state index in [2.05, 4.69) is 190 Å². The molecule has 0 aliphatic heterocycles. The number of benzene rings is 8. The van der Waals surface area contributed by atoms with Gasteiger partial charge in [0.1, 0.15) is 0 Å². The van der Waals surface area contributed by atoms with Crippen LogP contribution in [0.5, 0.6) is 0 Å². The molecule has 2 aliphatic carbocycles. The summed E-state index contributed by atoms with van der Waals surface area (Å²) in [6.07, 6.45) is 0. The van der Waals surface area contributed by atoms with E-state index >= 15 is 0 Å². The molecule has 0 saturated carbocycles. The molecule has 0 atom stereocenters. The van der Waals surface area contributed by atoms with E-state index in [-0.39, 0.29) is 5.41 Å². The summed E-state index contributed by atoms with van der Waals surface area (Å²) in [5, 5.41) is 0. The average Bonchev–Trinajstić information content (AvgIpc) is 3.59. The number of rotatable bonds is 5. The molecular weight excluding hydrogens is 703 g/mol. The van der Waals surface area contributed by atoms with Gasteiger partial charge in [-0.05, 0) is 78.9 Å². The second-order valence-electron chi connectivity index (χ2n) is 16.0. The van der Waals surface area contributed by atoms with Gasteiger partial charge in [0.2, 0.25) is 0 Å². The van der Waals surface area contributed by atoms with Crippen LogP contribution < -0.4 is 0 Å². The molecule has 2 aliphatic rings. The van der Waals surface area contributed by atoms with Crippen LogP contribution in [0.4, 0.5) is 0 Å². The third kappa shape index (κ3) is 5.17. The van der Waals surface area contributed by atoms with Gasteiger partial charge in [0, 0.05) is 22.1 Å². The minimum atomic E-state index is -0.452. The molecule has 1 spiro atoms. The highest BCUT2D eigenvalue weighted by molar-refractivity contribution is 5.90. The summed E-state index contributed by atoms with van der Waals surface area (Å²) in [6, 6.07) is 72.1. The fourth-order valence-corrected chi connectivity index (χ4v) is 9.67. The Morgan fingerprint density at radius 1 is 0.276 bits per heavy atom. The molecule has 9 aromatic rings. The SMILES string of the molecule is CC1(C)c2ccccc2C2(c3ccccc3-c3ccc(-c4cccc(-c5nc(-c6ccccc6)nc(-c6ccc(-c7ccccc7)cc6)n5)c4)cc32)c2ccccc21. The number of nitrogens with zero attached hydrogens (tertiary/aromatic N) is 3. The van der Waals surface area contributed by atoms with E-state index in [1.807, 2.05) is 24.3 Å². The average molecular weight is 742 g/mol. The molecule has 0 fully saturated rings. The van der Waals surface area contributed by atoms with Crippen LogP contribution in [-0.4, -0.2) is 15.0 Å². The van der Waals surface area contributed by atoms with Crippen molar-refractivity contribution >= 4 is 0 Å². The monoisotopic (exact) mass is 741 g/mol. The molecule has 0 N–H and O–H groups in total. The van der Waals surface area contributed by atoms with Crippen LogP contribution in [0.2, 0.25) is 0 Å². The van der Waals surface area contributed by atoms with Crippen LogP contribution in [0.25, 0.3) is 67.5 Å². The van der Waals surface area contributed by atoms with Crippen LogP contribution in [0.1, 0.15) is 47.2 Å². The fourth-order valence-electron chi connectivity index (χ4n) is 9.67. The van der Waals surface area contributed by atoms with Crippen LogP contribution in [-0.2, 0) is 10.8 Å². The number of hydrogen-bond donors (Lipinski definition) is 0. The zero-order valence-corrected chi connectivity index (χ0v) is 32.4. The number of hydrogen-bond acceptors (Lipinski definition) is 3. The Labute approximate surface area is 339 Å². The van der Waals surface area contributed by atoms with Gasteiger partial charge in [0.05, 0.1) is 5.41 Å². The highest BCUT2D eigenvalue weighted by Crippen LogP contribution is 2.62. The summed E-state index contributed by atoms with van der Waals surface area (Å²) in [5.41, 5.74) is 17.5. The predicted octanol–water partition coefficient (Wildman–Crippen LogP) is 13.2. The zero-order valence-electron chi connectivity index (χ0n) is 32.4. The molecule has 8 aromatic carbocycles. The molecular formula is C55H39N3. The normalized spacial score (nSPS) is 14.0. The molecule has 274 valence electrons. The molecule has 11 rings (SSSR count). The Morgan fingerprint density at radius 2 is 0.672 bits per heavy atom. The lowest BCUT2D eigenvalue weighted by atomic mass is 9.55. The van der Waals surface area contributed by atoms with Gasteiger partial charge in [-0.2, -0.15) is 0 Å². The highest BCUT2D eigenvalue weighted by Gasteiger charge is 2.53. The van der Waals surface area contributed by atoms with Crippen LogP contribution in [0.15, 0.2) is 200 Å². The van der Waals surface area contributed by atoms with Gasteiger partial charge in [-0.1, -0.05) is 202 Å². The van der Waals surface area contributed by atoms with Gasteiger partial charge in [0.25, 0.3) is 0 Å². The van der Waals surface area contributed by atoms with Crippen molar-refractivity contribution in [3.05, 3.63) is 234 Å². The maximum Gasteiger partial charge on any atom is 0.164 e. The molecule has 3 nitrogen and oxygen atoms in total. The predicted molar refractivity (Wildman–Crippen MR) is 236 cm³/mol. The fraction of sp³-hybridized carbons (Fsp3) is 0.0727. The minimum Gasteiger partial charge on any atom is -0.208 e. The van der Waals surface area contributed by atoms with Gasteiger partial charge < -0.3 is 0 Å². The molecule has 0 unspecified atom stereocenters. The largest absolute Gasteiger partial charge is 0.208 e. The Kier molecular flexibility index (Phi) is 7.74. The smallest absolute Gasteiger partial charge is 0.164 e. The summed E-state index contributed by atoms with van der Waals surface area (Å²) in [4.78, 5) is 15.2. The van der Waals surface area contributed by atoms with Crippen molar-refractivity contribution < 1.29 is 0 Å². The van der Waals surface area contributed by atoms with Gasteiger partial charge >= 0.3 is 0 Å². The molecule has 0 bridgehead atoms. The first-order valence-corrected chi connectivity index (χ1v) is 20.0. The van der Waals surface area contributed by atoms with Crippen molar-refractivity contribution in [1.29, 1.82) is 0 Å². The van der Waals surface area contributed by atoms with Crippen molar-refractivity contribution in [3.8, 4) is 67.5 Å². The first-order chi connectivity index (χ1) is 28.5. The van der Waals surface area contributed by atoms with Crippen LogP contribution >= 0.6 is 0 Å². The Hall–Kier alpha value is -7.23. The molecule has 3 heteroatoms. The summed E-state index contributed by atoms with van der Waals surface area (Å²) < 4.78 is 0. The summed E-state index contributed by atoms with van der Waals surface area (Å²) in [5.74, 6) is 1.93. The molecule has 0 radical (unpaired) electrons. The quantitative estimate of drug-likeness (QED) is 0.176. The maximum atomic E-state index is 5.13. The lowest BCUT2D eigenvalue weighted by Gasteiger charge is -2.46. The van der Waals surface area contributed by atoms with E-state index in [1.54, 1.807) is 0 Å². The summed E-state index contributed by atoms with van der Waals surface area (Å²) in [7, 11) is 0. The highest BCUT2D eigenvalue weighted by atomic mass is 15.0. The van der Waals surface area contributed by atoms with Crippen molar-refractivity contribution in [3.63, 3.8) is 0 Å². The third-order valence-electron chi connectivity index (χ3n) is 12.4. The third-order valence-corrected chi connectivity index (χ3v) is 12.4. The van der Waals surface area contributed by atoms with Crippen molar-refractivity contribution in [2.75, 3.05) is 0 Å². The number of aromatic nitrogens is 3. The summed E-state index contributed by atoms with van der Waals surface area (Å²) in [6.45, 7) is 4.74. The Morgan fingerprint density at radius 3 is 1.31 bits per heavy atom. The van der Waals surface area contributed by atoms with E-state index in [0.717, 1.165) is 33.4 Å². The van der Waals surface area contributed by atoms with E-state index in [0.29, 0.717) is 17.5 Å². The minimum absolute atomic E-state index is 0.145. The van der Waals surface area contributed by atoms with Crippen molar-refractivity contribution in [2.24, 2.45) is 0 Å². The molecule has 0 amide bonds. The molecule has 0 saturated heterocycles. The second kappa shape index (κ2) is 13.2. The lowest BCUT2D eigenvalue weighted by Crippen LogP contribution is -2.40. The lowest BCUT2D eigenvalue weighted by molar-refractivity contribution is 0.563. The van der Waals surface area contributed by atoms with Crippen LogP contribution in [0.3, 0.4) is 0 Å². The van der Waals surface area contributed by atoms with E-state index in [9.17, 15) is 0 Å². The first kappa shape index (κ1) is 34.1. The van der Waals surface area contributed by atoms with Crippen molar-refractivity contribution in [1.82, 2.24) is 15.0 Å².